The smallest absolute Gasteiger partial charge is 0.351 e. The third kappa shape index (κ3) is 4.13. The zero-order chi connectivity index (χ0) is 8.85. The Bertz CT molecular complexity index is 173. The summed E-state index contributed by atoms with van der Waals surface area (Å²) >= 11 is 0. The highest BCUT2D eigenvalue weighted by Gasteiger charge is 2.15. The maximum Gasteiger partial charge on any atom is 0.351 e. The second kappa shape index (κ2) is 4.49. The van der Waals surface area contributed by atoms with E-state index in [1.54, 1.807) is 0 Å². The van der Waals surface area contributed by atoms with Crippen molar-refractivity contribution in [3.05, 3.63) is 12.8 Å². The van der Waals surface area contributed by atoms with Gasteiger partial charge in [-0.1, -0.05) is 6.58 Å². The Labute approximate surface area is 64.8 Å². The fourth-order valence-electron chi connectivity index (χ4n) is 0.475. The molecule has 0 amide bonds. The molecule has 0 aliphatic heterocycles. The Kier molecular flexibility index (Phi) is 3.95. The molecule has 0 aromatic carbocycles. The van der Waals surface area contributed by atoms with Crippen LogP contribution in [-0.4, -0.2) is 18.0 Å². The molecule has 0 N–H and O–H groups in total. The van der Waals surface area contributed by atoms with Crippen LogP contribution in [0.15, 0.2) is 12.8 Å². The molecule has 4 nitrogen and oxygen atoms in total. The van der Waals surface area contributed by atoms with Gasteiger partial charge in [0.1, 0.15) is 0 Å². The molecule has 0 radical (unpaired) electrons. The Morgan fingerprint density at radius 3 is 2.45 bits per heavy atom. The van der Waals surface area contributed by atoms with Gasteiger partial charge < -0.3 is 9.47 Å². The van der Waals surface area contributed by atoms with E-state index in [2.05, 4.69) is 16.1 Å². The van der Waals surface area contributed by atoms with E-state index >= 15 is 0 Å². The van der Waals surface area contributed by atoms with Crippen molar-refractivity contribution in [3.8, 4) is 0 Å². The average molecular weight is 158 g/mol. The van der Waals surface area contributed by atoms with Crippen LogP contribution in [0, 0.1) is 0 Å². The third-order valence-corrected chi connectivity index (χ3v) is 0.874. The summed E-state index contributed by atoms with van der Waals surface area (Å²) in [6.45, 7) is 5.82. The number of hydrogen-bond donors (Lipinski definition) is 0. The molecule has 4 heteroatoms. The molecule has 62 valence electrons. The summed E-state index contributed by atoms with van der Waals surface area (Å²) in [5.74, 6) is -1.14. The Balaban J connectivity index is 3.81. The van der Waals surface area contributed by atoms with Crippen LogP contribution in [0.3, 0.4) is 0 Å². The largest absolute Gasteiger partial charge is 0.451 e. The van der Waals surface area contributed by atoms with Crippen molar-refractivity contribution in [2.24, 2.45) is 0 Å². The van der Waals surface area contributed by atoms with Crippen LogP contribution < -0.4 is 0 Å². The summed E-state index contributed by atoms with van der Waals surface area (Å²) < 4.78 is 8.86. The average Bonchev–Trinajstić information content (AvgIpc) is 1.86. The Morgan fingerprint density at radius 1 is 1.55 bits per heavy atom. The molecule has 11 heavy (non-hydrogen) atoms. The molecule has 0 aromatic rings. The molecule has 0 heterocycles. The van der Waals surface area contributed by atoms with Crippen molar-refractivity contribution in [3.63, 3.8) is 0 Å². The molecule has 0 aromatic heterocycles. The van der Waals surface area contributed by atoms with E-state index in [1.807, 2.05) is 0 Å². The predicted octanol–water partition coefficient (Wildman–Crippen LogP) is 0.625. The molecule has 0 saturated heterocycles. The van der Waals surface area contributed by atoms with Gasteiger partial charge in [0.2, 0.25) is 0 Å². The van der Waals surface area contributed by atoms with Gasteiger partial charge in [-0.25, -0.2) is 4.79 Å². The molecule has 0 fully saturated rings. The van der Waals surface area contributed by atoms with Gasteiger partial charge in [0, 0.05) is 6.92 Å². The van der Waals surface area contributed by atoms with E-state index in [9.17, 15) is 9.59 Å². The standard InChI is InChI=1S/C7H10O4/c1-4-10-7(9)5(2)11-6(3)8/h4-5H,1H2,2-3H3/t5-/m0/s1. The molecule has 0 unspecified atom stereocenters. The van der Waals surface area contributed by atoms with Gasteiger partial charge in [-0.3, -0.25) is 4.79 Å². The highest BCUT2D eigenvalue weighted by Crippen LogP contribution is 1.94. The zero-order valence-electron chi connectivity index (χ0n) is 6.49. The van der Waals surface area contributed by atoms with Crippen LogP contribution in [0.25, 0.3) is 0 Å². The topological polar surface area (TPSA) is 52.6 Å². The van der Waals surface area contributed by atoms with Gasteiger partial charge in [-0.2, -0.15) is 0 Å². The Hall–Kier alpha value is -1.32. The van der Waals surface area contributed by atoms with E-state index in [0.29, 0.717) is 0 Å². The highest BCUT2D eigenvalue weighted by atomic mass is 16.6. The van der Waals surface area contributed by atoms with Crippen LogP contribution in [0.4, 0.5) is 0 Å². The second-order valence-corrected chi connectivity index (χ2v) is 1.86. The monoisotopic (exact) mass is 158 g/mol. The number of ether oxygens (including phenoxy) is 2. The van der Waals surface area contributed by atoms with Crippen LogP contribution in [-0.2, 0) is 19.1 Å². The van der Waals surface area contributed by atoms with E-state index < -0.39 is 18.0 Å². The van der Waals surface area contributed by atoms with E-state index in [0.717, 1.165) is 6.26 Å². The predicted molar refractivity (Wildman–Crippen MR) is 37.5 cm³/mol. The minimum atomic E-state index is -0.870. The number of carbonyl (C=O) groups is 2. The molecule has 0 aliphatic carbocycles. The first-order chi connectivity index (χ1) is 5.07. The minimum absolute atomic E-state index is 0.515. The van der Waals surface area contributed by atoms with E-state index in [4.69, 9.17) is 0 Å². The van der Waals surface area contributed by atoms with Gasteiger partial charge in [0.05, 0.1) is 6.26 Å². The normalized spacial score (nSPS) is 11.5. The lowest BCUT2D eigenvalue weighted by atomic mass is 10.4. The van der Waals surface area contributed by atoms with Crippen molar-refractivity contribution in [1.29, 1.82) is 0 Å². The first kappa shape index (κ1) is 9.68. The van der Waals surface area contributed by atoms with Crippen molar-refractivity contribution >= 4 is 11.9 Å². The molecule has 0 rings (SSSR count). The molecule has 0 aliphatic rings. The van der Waals surface area contributed by atoms with E-state index in [1.165, 1.54) is 13.8 Å². The first-order valence-corrected chi connectivity index (χ1v) is 3.06. The lowest BCUT2D eigenvalue weighted by Crippen LogP contribution is -2.23. The molecule has 0 saturated carbocycles. The number of esters is 2. The summed E-state index contributed by atoms with van der Waals surface area (Å²) in [4.78, 5) is 21.0. The van der Waals surface area contributed by atoms with Crippen molar-refractivity contribution < 1.29 is 19.1 Å². The second-order valence-electron chi connectivity index (χ2n) is 1.86. The van der Waals surface area contributed by atoms with Crippen LogP contribution in [0.2, 0.25) is 0 Å². The van der Waals surface area contributed by atoms with E-state index in [-0.39, 0.29) is 0 Å². The van der Waals surface area contributed by atoms with Crippen LogP contribution in [0.1, 0.15) is 13.8 Å². The van der Waals surface area contributed by atoms with Crippen LogP contribution >= 0.6 is 0 Å². The van der Waals surface area contributed by atoms with Crippen molar-refractivity contribution in [2.45, 2.75) is 20.0 Å². The van der Waals surface area contributed by atoms with Crippen molar-refractivity contribution in [2.75, 3.05) is 0 Å². The van der Waals surface area contributed by atoms with Crippen molar-refractivity contribution in [1.82, 2.24) is 0 Å². The van der Waals surface area contributed by atoms with Gasteiger partial charge in [-0.05, 0) is 6.92 Å². The maximum absolute atomic E-state index is 10.7. The van der Waals surface area contributed by atoms with Gasteiger partial charge >= 0.3 is 11.9 Å². The quantitative estimate of drug-likeness (QED) is 0.446. The minimum Gasteiger partial charge on any atom is -0.451 e. The third-order valence-electron chi connectivity index (χ3n) is 0.874. The number of hydrogen-bond acceptors (Lipinski definition) is 4. The number of carbonyl (C=O) groups excluding carboxylic acids is 2. The fraction of sp³-hybridized carbons (Fsp3) is 0.429. The summed E-state index contributed by atoms with van der Waals surface area (Å²) in [6.07, 6.45) is 0.119. The fourth-order valence-corrected chi connectivity index (χ4v) is 0.475. The maximum atomic E-state index is 10.7. The summed E-state index contributed by atoms with van der Waals surface area (Å²) in [7, 11) is 0. The van der Waals surface area contributed by atoms with Gasteiger partial charge in [0.15, 0.2) is 6.10 Å². The lowest BCUT2D eigenvalue weighted by molar-refractivity contribution is -0.161. The molecule has 0 spiro atoms. The molecular formula is C7H10O4. The highest BCUT2D eigenvalue weighted by molar-refractivity contribution is 5.78. The SMILES string of the molecule is C=COC(=O)[C@H](C)OC(C)=O. The summed E-state index contributed by atoms with van der Waals surface area (Å²) in [5, 5.41) is 0. The summed E-state index contributed by atoms with van der Waals surface area (Å²) in [5.41, 5.74) is 0. The van der Waals surface area contributed by atoms with Crippen LogP contribution in [0.5, 0.6) is 0 Å². The molecular weight excluding hydrogens is 148 g/mol. The van der Waals surface area contributed by atoms with Gasteiger partial charge in [0.25, 0.3) is 0 Å². The zero-order valence-corrected chi connectivity index (χ0v) is 6.49. The molecule has 1 atom stereocenters. The summed E-state index contributed by atoms with van der Waals surface area (Å²) in [6, 6.07) is 0. The lowest BCUT2D eigenvalue weighted by Gasteiger charge is -2.07. The van der Waals surface area contributed by atoms with Gasteiger partial charge in [-0.15, -0.1) is 0 Å². The first-order valence-electron chi connectivity index (χ1n) is 3.06. The molecule has 0 bridgehead atoms. The Morgan fingerprint density at radius 2 is 2.09 bits per heavy atom. The number of rotatable bonds is 3.